The summed E-state index contributed by atoms with van der Waals surface area (Å²) in [4.78, 5) is 6.96. The quantitative estimate of drug-likeness (QED) is 0.820. The molecule has 1 aliphatic rings. The van der Waals surface area contributed by atoms with Crippen molar-refractivity contribution in [1.29, 1.82) is 0 Å². The molecule has 0 saturated carbocycles. The van der Waals surface area contributed by atoms with Crippen LogP contribution >= 0.6 is 11.8 Å². The standard InChI is InChI=1S/C13H27N3S/c1-7-13(8-2)10-17-11(15-13)14-9-12(3,4)16(5)6/h7-10H2,1-6H3,(H,14,15). The molecule has 0 unspecified atom stereocenters. The number of amidine groups is 1. The van der Waals surface area contributed by atoms with E-state index >= 15 is 0 Å². The predicted molar refractivity (Wildman–Crippen MR) is 79.0 cm³/mol. The highest BCUT2D eigenvalue weighted by Gasteiger charge is 2.34. The van der Waals surface area contributed by atoms with Crippen molar-refractivity contribution < 1.29 is 0 Å². The van der Waals surface area contributed by atoms with Crippen molar-refractivity contribution in [3.63, 3.8) is 0 Å². The molecule has 0 radical (unpaired) electrons. The van der Waals surface area contributed by atoms with E-state index < -0.39 is 0 Å². The van der Waals surface area contributed by atoms with E-state index in [1.54, 1.807) is 0 Å². The van der Waals surface area contributed by atoms with Crippen LogP contribution < -0.4 is 5.32 Å². The van der Waals surface area contributed by atoms with Crippen LogP contribution in [-0.4, -0.2) is 47.5 Å². The molecule has 4 heteroatoms. The molecule has 0 atom stereocenters. The second-order valence-corrected chi connectivity index (χ2v) is 6.69. The molecular weight excluding hydrogens is 230 g/mol. The summed E-state index contributed by atoms with van der Waals surface area (Å²) < 4.78 is 0. The summed E-state index contributed by atoms with van der Waals surface area (Å²) in [7, 11) is 4.22. The van der Waals surface area contributed by atoms with Gasteiger partial charge < -0.3 is 10.2 Å². The number of nitrogens with one attached hydrogen (secondary N) is 1. The van der Waals surface area contributed by atoms with Gasteiger partial charge in [0.1, 0.15) is 0 Å². The Kier molecular flexibility index (Phi) is 4.90. The van der Waals surface area contributed by atoms with Gasteiger partial charge in [-0.25, -0.2) is 0 Å². The van der Waals surface area contributed by atoms with Crippen molar-refractivity contribution in [2.45, 2.75) is 51.6 Å². The molecule has 1 saturated heterocycles. The third-order valence-corrected chi connectivity index (χ3v) is 5.23. The molecule has 3 nitrogen and oxygen atoms in total. The summed E-state index contributed by atoms with van der Waals surface area (Å²) >= 11 is 1.87. The SMILES string of the molecule is CCC1(CC)CSC(=NCC(C)(C)N(C)C)N1. The molecule has 0 spiro atoms. The third kappa shape index (κ3) is 3.62. The molecule has 1 rings (SSSR count). The van der Waals surface area contributed by atoms with E-state index in [-0.39, 0.29) is 11.1 Å². The van der Waals surface area contributed by atoms with E-state index in [4.69, 9.17) is 4.99 Å². The first-order valence-corrected chi connectivity index (χ1v) is 7.46. The Balaban J connectivity index is 2.60. The van der Waals surface area contributed by atoms with Gasteiger partial charge in [-0.15, -0.1) is 0 Å². The van der Waals surface area contributed by atoms with Gasteiger partial charge >= 0.3 is 0 Å². The minimum absolute atomic E-state index is 0.124. The number of thioether (sulfide) groups is 1. The zero-order valence-electron chi connectivity index (χ0n) is 12.1. The minimum Gasteiger partial charge on any atom is -0.359 e. The lowest BCUT2D eigenvalue weighted by atomic mass is 9.96. The number of hydrogen-bond donors (Lipinski definition) is 1. The fraction of sp³-hybridized carbons (Fsp3) is 0.923. The molecule has 1 aliphatic heterocycles. The largest absolute Gasteiger partial charge is 0.359 e. The smallest absolute Gasteiger partial charge is 0.157 e. The van der Waals surface area contributed by atoms with Gasteiger partial charge in [0, 0.05) is 16.8 Å². The number of aliphatic imine (C=N–C) groups is 1. The van der Waals surface area contributed by atoms with E-state index in [9.17, 15) is 0 Å². The van der Waals surface area contributed by atoms with Gasteiger partial charge in [-0.3, -0.25) is 4.99 Å². The molecule has 1 heterocycles. The Bertz CT molecular complexity index is 280. The van der Waals surface area contributed by atoms with Crippen LogP contribution in [0.25, 0.3) is 0 Å². The number of rotatable bonds is 5. The average molecular weight is 257 g/mol. The van der Waals surface area contributed by atoms with Crippen molar-refractivity contribution in [1.82, 2.24) is 10.2 Å². The molecule has 0 aromatic carbocycles. The molecule has 0 aromatic heterocycles. The Morgan fingerprint density at radius 3 is 2.35 bits per heavy atom. The lowest BCUT2D eigenvalue weighted by Crippen LogP contribution is -2.44. The third-order valence-electron chi connectivity index (χ3n) is 4.03. The number of likely N-dealkylation sites (N-methyl/N-ethyl adjacent to an activating group) is 1. The van der Waals surface area contributed by atoms with Crippen molar-refractivity contribution in [2.75, 3.05) is 26.4 Å². The van der Waals surface area contributed by atoms with Crippen molar-refractivity contribution in [3.8, 4) is 0 Å². The zero-order valence-corrected chi connectivity index (χ0v) is 12.9. The van der Waals surface area contributed by atoms with Gasteiger partial charge in [-0.05, 0) is 40.8 Å². The molecule has 1 N–H and O–H groups in total. The van der Waals surface area contributed by atoms with Crippen LogP contribution in [-0.2, 0) is 0 Å². The van der Waals surface area contributed by atoms with Crippen LogP contribution in [0.4, 0.5) is 0 Å². The first kappa shape index (κ1) is 14.8. The molecule has 0 aliphatic carbocycles. The lowest BCUT2D eigenvalue weighted by Gasteiger charge is -2.31. The van der Waals surface area contributed by atoms with Crippen LogP contribution in [0.2, 0.25) is 0 Å². The Hall–Kier alpha value is -0.220. The molecule has 17 heavy (non-hydrogen) atoms. The van der Waals surface area contributed by atoms with Gasteiger partial charge in [0.2, 0.25) is 0 Å². The Labute approximate surface area is 110 Å². The fourth-order valence-electron chi connectivity index (χ4n) is 1.63. The average Bonchev–Trinajstić information content (AvgIpc) is 2.71. The van der Waals surface area contributed by atoms with Crippen LogP contribution in [0.5, 0.6) is 0 Å². The van der Waals surface area contributed by atoms with Gasteiger partial charge in [0.25, 0.3) is 0 Å². The van der Waals surface area contributed by atoms with E-state index in [1.165, 1.54) is 12.8 Å². The summed E-state index contributed by atoms with van der Waals surface area (Å²) in [5, 5.41) is 4.74. The highest BCUT2D eigenvalue weighted by atomic mass is 32.2. The second-order valence-electron chi connectivity index (χ2n) is 5.73. The molecule has 0 bridgehead atoms. The van der Waals surface area contributed by atoms with Crippen LogP contribution in [0, 0.1) is 0 Å². The Morgan fingerprint density at radius 1 is 1.35 bits per heavy atom. The van der Waals surface area contributed by atoms with E-state index in [1.807, 2.05) is 11.8 Å². The van der Waals surface area contributed by atoms with Gasteiger partial charge in [-0.1, -0.05) is 25.6 Å². The van der Waals surface area contributed by atoms with Gasteiger partial charge in [0.05, 0.1) is 6.54 Å². The van der Waals surface area contributed by atoms with Crippen LogP contribution in [0.15, 0.2) is 4.99 Å². The first-order chi connectivity index (χ1) is 7.85. The number of nitrogens with zero attached hydrogens (tertiary/aromatic N) is 2. The predicted octanol–water partition coefficient (Wildman–Crippen LogP) is 2.58. The van der Waals surface area contributed by atoms with Gasteiger partial charge in [0.15, 0.2) is 5.17 Å². The molecular formula is C13H27N3S. The summed E-state index contributed by atoms with van der Waals surface area (Å²) in [6, 6.07) is 0. The molecule has 1 fully saturated rings. The highest BCUT2D eigenvalue weighted by molar-refractivity contribution is 8.14. The normalized spacial score (nSPS) is 22.2. The van der Waals surface area contributed by atoms with Crippen LogP contribution in [0.1, 0.15) is 40.5 Å². The lowest BCUT2D eigenvalue weighted by molar-refractivity contribution is 0.205. The second kappa shape index (κ2) is 5.61. The molecule has 0 aromatic rings. The maximum Gasteiger partial charge on any atom is 0.157 e. The highest BCUT2D eigenvalue weighted by Crippen LogP contribution is 2.29. The first-order valence-electron chi connectivity index (χ1n) is 6.48. The van der Waals surface area contributed by atoms with E-state index in [0.29, 0.717) is 0 Å². The van der Waals surface area contributed by atoms with Gasteiger partial charge in [-0.2, -0.15) is 0 Å². The molecule has 100 valence electrons. The molecule has 0 amide bonds. The van der Waals surface area contributed by atoms with Crippen LogP contribution in [0.3, 0.4) is 0 Å². The summed E-state index contributed by atoms with van der Waals surface area (Å²) in [6.45, 7) is 9.81. The maximum atomic E-state index is 4.73. The van der Waals surface area contributed by atoms with Crippen molar-refractivity contribution in [2.24, 2.45) is 4.99 Å². The number of hydrogen-bond acceptors (Lipinski definition) is 3. The summed E-state index contributed by atoms with van der Waals surface area (Å²) in [5.41, 5.74) is 0.407. The summed E-state index contributed by atoms with van der Waals surface area (Å²) in [5.74, 6) is 1.15. The minimum atomic E-state index is 0.124. The monoisotopic (exact) mass is 257 g/mol. The zero-order chi connectivity index (χ0) is 13.1. The van der Waals surface area contributed by atoms with Crippen molar-refractivity contribution >= 4 is 16.9 Å². The Morgan fingerprint density at radius 2 is 1.94 bits per heavy atom. The van der Waals surface area contributed by atoms with Crippen molar-refractivity contribution in [3.05, 3.63) is 0 Å². The topological polar surface area (TPSA) is 27.6 Å². The van der Waals surface area contributed by atoms with E-state index in [2.05, 4.69) is 52.0 Å². The van der Waals surface area contributed by atoms with E-state index in [0.717, 1.165) is 17.5 Å². The summed E-state index contributed by atoms with van der Waals surface area (Å²) in [6.07, 6.45) is 2.35. The maximum absolute atomic E-state index is 4.73. The fourth-order valence-corrected chi connectivity index (χ4v) is 2.97.